The number of aryl methyl sites for hydroxylation is 1. The quantitative estimate of drug-likeness (QED) is 0.547. The van der Waals surface area contributed by atoms with Gasteiger partial charge in [0.15, 0.2) is 5.16 Å². The minimum absolute atomic E-state index is 0.158. The Morgan fingerprint density at radius 1 is 1.15 bits per heavy atom. The number of thioether (sulfide) groups is 1. The monoisotopic (exact) mass is 490 g/mol. The lowest BCUT2D eigenvalue weighted by Crippen LogP contribution is -2.25. The van der Waals surface area contributed by atoms with Crippen molar-refractivity contribution < 1.29 is 14.3 Å². The van der Waals surface area contributed by atoms with Gasteiger partial charge < -0.3 is 20.7 Å². The van der Waals surface area contributed by atoms with Crippen LogP contribution in [0.5, 0.6) is 0 Å². The summed E-state index contributed by atoms with van der Waals surface area (Å²) in [5.41, 5.74) is 7.17. The second-order valence-corrected chi connectivity index (χ2v) is 10.9. The summed E-state index contributed by atoms with van der Waals surface area (Å²) < 4.78 is 7.96. The van der Waals surface area contributed by atoms with Gasteiger partial charge in [0, 0.05) is 24.6 Å². The fraction of sp³-hybridized carbons (Fsp3) is 0.636. The van der Waals surface area contributed by atoms with Gasteiger partial charge in [0.05, 0.1) is 24.0 Å². The van der Waals surface area contributed by atoms with Gasteiger partial charge >= 0.3 is 0 Å². The van der Waals surface area contributed by atoms with Crippen LogP contribution in [0.25, 0.3) is 0 Å². The standard InChI is InChI=1S/C22H30N6O3S2/c23-19(30)18-15-7-1-2-8-16(15)33-20(18)24-17(29)13-32-22-26-25-21(27-9-3-4-10-27)28(22)12-14-6-5-11-31-14/h14H,1-13H2,(H2,23,30)(H,24,29). The number of hydrogen-bond donors (Lipinski definition) is 2. The summed E-state index contributed by atoms with van der Waals surface area (Å²) in [5, 5.41) is 13.1. The van der Waals surface area contributed by atoms with Crippen LogP contribution in [0.3, 0.4) is 0 Å². The number of thiophene rings is 1. The molecule has 1 atom stereocenters. The molecule has 0 bridgehead atoms. The van der Waals surface area contributed by atoms with E-state index >= 15 is 0 Å². The second kappa shape index (κ2) is 10.0. The van der Waals surface area contributed by atoms with E-state index in [-0.39, 0.29) is 17.8 Å². The molecule has 2 amide bonds. The number of rotatable bonds is 8. The molecule has 2 aliphatic heterocycles. The summed E-state index contributed by atoms with van der Waals surface area (Å²) >= 11 is 2.86. The second-order valence-electron chi connectivity index (χ2n) is 8.84. The Morgan fingerprint density at radius 3 is 2.73 bits per heavy atom. The van der Waals surface area contributed by atoms with Crippen LogP contribution in [0, 0.1) is 0 Å². The van der Waals surface area contributed by atoms with E-state index in [1.165, 1.54) is 28.0 Å². The predicted octanol–water partition coefficient (Wildman–Crippen LogP) is 2.83. The Labute approximate surface area is 201 Å². The van der Waals surface area contributed by atoms with Crippen molar-refractivity contribution in [1.82, 2.24) is 14.8 Å². The molecular formula is C22H30N6O3S2. The fourth-order valence-corrected chi connectivity index (χ4v) is 6.95. The average Bonchev–Trinajstić information content (AvgIpc) is 3.59. The molecule has 0 spiro atoms. The number of nitrogens with two attached hydrogens (primary N) is 1. The summed E-state index contributed by atoms with van der Waals surface area (Å²) in [4.78, 5) is 28.3. The molecule has 4 heterocycles. The van der Waals surface area contributed by atoms with Gasteiger partial charge in [-0.3, -0.25) is 14.2 Å². The first-order valence-corrected chi connectivity index (χ1v) is 13.6. The number of fused-ring (bicyclic) bond motifs is 1. The minimum Gasteiger partial charge on any atom is -0.376 e. The highest BCUT2D eigenvalue weighted by molar-refractivity contribution is 7.99. The largest absolute Gasteiger partial charge is 0.376 e. The lowest BCUT2D eigenvalue weighted by Gasteiger charge is -2.20. The maximum Gasteiger partial charge on any atom is 0.251 e. The molecule has 2 saturated heterocycles. The van der Waals surface area contributed by atoms with Gasteiger partial charge in [-0.2, -0.15) is 0 Å². The SMILES string of the molecule is NC(=O)c1c(NC(=O)CSc2nnc(N3CCCC3)n2CC2CCCO2)sc2c1CCCC2. The summed E-state index contributed by atoms with van der Waals surface area (Å²) in [6.07, 6.45) is 8.52. The first kappa shape index (κ1) is 22.7. The third-order valence-corrected chi connectivity index (χ3v) is 8.67. The summed E-state index contributed by atoms with van der Waals surface area (Å²) in [6, 6.07) is 0. The summed E-state index contributed by atoms with van der Waals surface area (Å²) in [5.74, 6) is 0.414. The molecule has 2 aromatic rings. The van der Waals surface area contributed by atoms with E-state index in [0.29, 0.717) is 17.1 Å². The van der Waals surface area contributed by atoms with Crippen LogP contribution in [-0.2, 0) is 28.9 Å². The van der Waals surface area contributed by atoms with E-state index in [1.54, 1.807) is 0 Å². The molecule has 33 heavy (non-hydrogen) atoms. The van der Waals surface area contributed by atoms with Crippen LogP contribution in [0.15, 0.2) is 5.16 Å². The van der Waals surface area contributed by atoms with Crippen LogP contribution >= 0.6 is 23.1 Å². The maximum absolute atomic E-state index is 12.8. The molecule has 2 aromatic heterocycles. The lowest BCUT2D eigenvalue weighted by molar-refractivity contribution is -0.113. The molecule has 0 saturated carbocycles. The van der Waals surface area contributed by atoms with E-state index in [1.807, 2.05) is 0 Å². The molecule has 11 heteroatoms. The molecule has 1 aliphatic carbocycles. The number of hydrogen-bond acceptors (Lipinski definition) is 8. The van der Waals surface area contributed by atoms with Crippen molar-refractivity contribution in [3.63, 3.8) is 0 Å². The van der Waals surface area contributed by atoms with Gasteiger partial charge in [-0.15, -0.1) is 21.5 Å². The number of primary amides is 1. The van der Waals surface area contributed by atoms with E-state index in [4.69, 9.17) is 10.5 Å². The van der Waals surface area contributed by atoms with Crippen LogP contribution in [-0.4, -0.2) is 58.1 Å². The number of aromatic nitrogens is 3. The van der Waals surface area contributed by atoms with Crippen molar-refractivity contribution in [2.24, 2.45) is 5.73 Å². The van der Waals surface area contributed by atoms with Crippen molar-refractivity contribution in [3.8, 4) is 0 Å². The van der Waals surface area contributed by atoms with Crippen LogP contribution < -0.4 is 16.0 Å². The topological polar surface area (TPSA) is 115 Å². The molecule has 2 fully saturated rings. The average molecular weight is 491 g/mol. The molecule has 178 valence electrons. The Balaban J connectivity index is 1.29. The Morgan fingerprint density at radius 2 is 1.97 bits per heavy atom. The van der Waals surface area contributed by atoms with Crippen LogP contribution in [0.2, 0.25) is 0 Å². The maximum atomic E-state index is 12.8. The Hall–Kier alpha value is -2.11. The van der Waals surface area contributed by atoms with Gasteiger partial charge in [0.1, 0.15) is 5.00 Å². The van der Waals surface area contributed by atoms with Crippen molar-refractivity contribution in [2.75, 3.05) is 35.7 Å². The highest BCUT2D eigenvalue weighted by Crippen LogP contribution is 2.38. The zero-order valence-electron chi connectivity index (χ0n) is 18.7. The number of amides is 2. The number of ether oxygens (including phenoxy) is 1. The van der Waals surface area contributed by atoms with Crippen molar-refractivity contribution in [2.45, 2.75) is 69.2 Å². The van der Waals surface area contributed by atoms with Crippen molar-refractivity contribution in [3.05, 3.63) is 16.0 Å². The van der Waals surface area contributed by atoms with E-state index in [2.05, 4.69) is 25.0 Å². The third kappa shape index (κ3) is 4.90. The Kier molecular flexibility index (Phi) is 6.89. The van der Waals surface area contributed by atoms with Crippen LogP contribution in [0.1, 0.15) is 59.3 Å². The van der Waals surface area contributed by atoms with E-state index in [9.17, 15) is 9.59 Å². The first-order valence-electron chi connectivity index (χ1n) is 11.8. The van der Waals surface area contributed by atoms with Crippen LogP contribution in [0.4, 0.5) is 10.9 Å². The van der Waals surface area contributed by atoms with E-state index in [0.717, 1.165) is 87.7 Å². The highest BCUT2D eigenvalue weighted by Gasteiger charge is 2.27. The Bertz CT molecular complexity index is 1020. The molecule has 3 N–H and O–H groups in total. The van der Waals surface area contributed by atoms with Gasteiger partial charge in [0.2, 0.25) is 11.9 Å². The number of anilines is 2. The van der Waals surface area contributed by atoms with Crippen molar-refractivity contribution >= 4 is 45.9 Å². The number of carbonyl (C=O) groups is 2. The van der Waals surface area contributed by atoms with E-state index < -0.39 is 5.91 Å². The molecule has 0 aromatic carbocycles. The molecule has 3 aliphatic rings. The molecule has 5 rings (SSSR count). The molecular weight excluding hydrogens is 460 g/mol. The third-order valence-electron chi connectivity index (χ3n) is 6.50. The van der Waals surface area contributed by atoms with Gasteiger partial charge in [-0.05, 0) is 56.9 Å². The smallest absolute Gasteiger partial charge is 0.251 e. The van der Waals surface area contributed by atoms with Gasteiger partial charge in [-0.1, -0.05) is 11.8 Å². The lowest BCUT2D eigenvalue weighted by atomic mass is 9.95. The number of nitrogens with zero attached hydrogens (tertiary/aromatic N) is 4. The summed E-state index contributed by atoms with van der Waals surface area (Å²) in [6.45, 7) is 3.46. The zero-order chi connectivity index (χ0) is 22.8. The minimum atomic E-state index is -0.469. The molecule has 9 nitrogen and oxygen atoms in total. The molecule has 0 radical (unpaired) electrons. The number of carbonyl (C=O) groups excluding carboxylic acids is 2. The van der Waals surface area contributed by atoms with Gasteiger partial charge in [0.25, 0.3) is 5.91 Å². The summed E-state index contributed by atoms with van der Waals surface area (Å²) in [7, 11) is 0. The van der Waals surface area contributed by atoms with Gasteiger partial charge in [-0.25, -0.2) is 0 Å². The normalized spacial score (nSPS) is 20.2. The zero-order valence-corrected chi connectivity index (χ0v) is 20.3. The predicted molar refractivity (Wildman–Crippen MR) is 129 cm³/mol. The highest BCUT2D eigenvalue weighted by atomic mass is 32.2. The fourth-order valence-electron chi connectivity index (χ4n) is 4.90. The number of nitrogens with one attached hydrogen (secondary N) is 1. The first-order chi connectivity index (χ1) is 16.1. The van der Waals surface area contributed by atoms with Crippen molar-refractivity contribution in [1.29, 1.82) is 0 Å². The molecule has 1 unspecified atom stereocenters.